The van der Waals surface area contributed by atoms with Gasteiger partial charge in [-0.15, -0.1) is 0 Å². The van der Waals surface area contributed by atoms with Crippen molar-refractivity contribution in [3.63, 3.8) is 0 Å². The number of nitrogens with zero attached hydrogens (tertiary/aromatic N) is 1. The van der Waals surface area contributed by atoms with Crippen LogP contribution in [0.25, 0.3) is 10.8 Å². The molecule has 8 heteroatoms. The van der Waals surface area contributed by atoms with Gasteiger partial charge in [0.1, 0.15) is 5.75 Å². The number of amides is 1. The van der Waals surface area contributed by atoms with E-state index in [0.29, 0.717) is 5.56 Å². The third-order valence-electron chi connectivity index (χ3n) is 3.89. The summed E-state index contributed by atoms with van der Waals surface area (Å²) in [5, 5.41) is 15.5. The molecule has 0 saturated heterocycles. The number of phenolic OH excluding ortho intramolecular Hbond substituents is 1. The molecule has 28 heavy (non-hydrogen) atoms. The number of hydrogen-bond donors (Lipinski definition) is 2. The number of aromatic hydroxyl groups is 1. The molecule has 0 saturated carbocycles. The first-order valence-corrected chi connectivity index (χ1v) is 8.16. The molecule has 0 radical (unpaired) electrons. The summed E-state index contributed by atoms with van der Waals surface area (Å²) in [6, 6.07) is 14.6. The van der Waals surface area contributed by atoms with Crippen molar-refractivity contribution in [2.75, 3.05) is 7.11 Å². The number of hydrazone groups is 1. The Balaban J connectivity index is 1.74. The summed E-state index contributed by atoms with van der Waals surface area (Å²) in [6.45, 7) is -2.97. The van der Waals surface area contributed by atoms with Gasteiger partial charge in [-0.05, 0) is 46.7 Å². The highest BCUT2D eigenvalue weighted by Gasteiger charge is 2.12. The van der Waals surface area contributed by atoms with Crippen LogP contribution in [0.1, 0.15) is 15.9 Å². The van der Waals surface area contributed by atoms with E-state index in [0.717, 1.165) is 10.8 Å². The van der Waals surface area contributed by atoms with Crippen LogP contribution in [0, 0.1) is 0 Å². The minimum Gasteiger partial charge on any atom is -0.507 e. The van der Waals surface area contributed by atoms with E-state index in [1.807, 2.05) is 24.3 Å². The number of phenols is 1. The normalized spacial score (nSPS) is 11.1. The maximum absolute atomic E-state index is 12.3. The zero-order valence-corrected chi connectivity index (χ0v) is 14.7. The number of carbonyl (C=O) groups excluding carboxylic acids is 1. The van der Waals surface area contributed by atoms with Crippen molar-refractivity contribution in [1.82, 2.24) is 5.43 Å². The molecule has 0 heterocycles. The van der Waals surface area contributed by atoms with Crippen molar-refractivity contribution in [2.24, 2.45) is 5.10 Å². The lowest BCUT2D eigenvalue weighted by molar-refractivity contribution is -0.0512. The molecule has 0 aliphatic heterocycles. The van der Waals surface area contributed by atoms with E-state index in [1.165, 1.54) is 37.6 Å². The molecule has 0 aliphatic rings. The van der Waals surface area contributed by atoms with Crippen molar-refractivity contribution >= 4 is 22.9 Å². The van der Waals surface area contributed by atoms with E-state index < -0.39 is 12.5 Å². The summed E-state index contributed by atoms with van der Waals surface area (Å²) >= 11 is 0. The van der Waals surface area contributed by atoms with Gasteiger partial charge >= 0.3 is 6.61 Å². The van der Waals surface area contributed by atoms with E-state index in [1.54, 1.807) is 6.07 Å². The second-order valence-corrected chi connectivity index (χ2v) is 5.70. The molecule has 0 spiro atoms. The van der Waals surface area contributed by atoms with Gasteiger partial charge in [0.15, 0.2) is 11.5 Å². The second-order valence-electron chi connectivity index (χ2n) is 5.70. The lowest BCUT2D eigenvalue weighted by Gasteiger charge is -2.10. The highest BCUT2D eigenvalue weighted by Crippen LogP contribution is 2.29. The molecule has 3 aromatic carbocycles. The first-order chi connectivity index (χ1) is 13.5. The lowest BCUT2D eigenvalue weighted by atomic mass is 10.1. The summed E-state index contributed by atoms with van der Waals surface area (Å²) < 4.78 is 34.0. The Kier molecular flexibility index (Phi) is 5.69. The van der Waals surface area contributed by atoms with Gasteiger partial charge in [0.2, 0.25) is 0 Å². The Hall–Kier alpha value is -3.68. The third-order valence-corrected chi connectivity index (χ3v) is 3.89. The minimum atomic E-state index is -2.97. The molecule has 0 bridgehead atoms. The highest BCUT2D eigenvalue weighted by atomic mass is 19.3. The molecule has 3 rings (SSSR count). The minimum absolute atomic E-state index is 0.0779. The number of benzene rings is 3. The van der Waals surface area contributed by atoms with Crippen LogP contribution in [-0.4, -0.2) is 30.9 Å². The number of fused-ring (bicyclic) bond motifs is 1. The van der Waals surface area contributed by atoms with Gasteiger partial charge in [0, 0.05) is 0 Å². The first-order valence-electron chi connectivity index (χ1n) is 8.16. The summed E-state index contributed by atoms with van der Waals surface area (Å²) in [7, 11) is 1.32. The Bertz CT molecular complexity index is 1040. The van der Waals surface area contributed by atoms with Gasteiger partial charge in [-0.3, -0.25) is 4.79 Å². The maximum Gasteiger partial charge on any atom is 0.387 e. The summed E-state index contributed by atoms with van der Waals surface area (Å²) in [6.07, 6.45) is 1.31. The van der Waals surface area contributed by atoms with Crippen LogP contribution in [0.15, 0.2) is 59.7 Å². The molecular weight excluding hydrogens is 370 g/mol. The van der Waals surface area contributed by atoms with Gasteiger partial charge in [-0.2, -0.15) is 13.9 Å². The predicted octanol–water partition coefficient (Wildman–Crippen LogP) is 3.92. The Morgan fingerprint density at radius 2 is 1.82 bits per heavy atom. The number of halogens is 2. The Morgan fingerprint density at radius 3 is 2.50 bits per heavy atom. The Labute approximate surface area is 159 Å². The standard InChI is InChI=1S/C20H16F2N2O4/c1-27-18-8-12(6-7-17(18)28-20(21)22)11-23-24-19(26)15-9-13-4-2-3-5-14(13)10-16(15)25/h2-11,20,25H,1H3,(H,24,26). The molecule has 0 atom stereocenters. The molecule has 0 fully saturated rings. The molecule has 3 aromatic rings. The molecule has 1 amide bonds. The predicted molar refractivity (Wildman–Crippen MR) is 100 cm³/mol. The molecule has 0 aromatic heterocycles. The second kappa shape index (κ2) is 8.34. The topological polar surface area (TPSA) is 80.2 Å². The lowest BCUT2D eigenvalue weighted by Crippen LogP contribution is -2.17. The van der Waals surface area contributed by atoms with Crippen molar-refractivity contribution in [2.45, 2.75) is 6.61 Å². The molecule has 6 nitrogen and oxygen atoms in total. The SMILES string of the molecule is COc1cc(C=NNC(=O)c2cc3ccccc3cc2O)ccc1OC(F)F. The largest absolute Gasteiger partial charge is 0.507 e. The summed E-state index contributed by atoms with van der Waals surface area (Å²) in [4.78, 5) is 12.3. The van der Waals surface area contributed by atoms with Gasteiger partial charge in [-0.25, -0.2) is 5.43 Å². The van der Waals surface area contributed by atoms with Crippen LogP contribution in [0.4, 0.5) is 8.78 Å². The number of carbonyl (C=O) groups is 1. The fourth-order valence-electron chi connectivity index (χ4n) is 2.59. The van der Waals surface area contributed by atoms with Crippen LogP contribution < -0.4 is 14.9 Å². The van der Waals surface area contributed by atoms with E-state index in [2.05, 4.69) is 15.3 Å². The number of hydrogen-bond acceptors (Lipinski definition) is 5. The van der Waals surface area contributed by atoms with Crippen LogP contribution in [0.2, 0.25) is 0 Å². The van der Waals surface area contributed by atoms with Crippen LogP contribution in [-0.2, 0) is 0 Å². The van der Waals surface area contributed by atoms with E-state index in [9.17, 15) is 18.7 Å². The number of ether oxygens (including phenoxy) is 2. The average Bonchev–Trinajstić information content (AvgIpc) is 2.68. The molecule has 144 valence electrons. The summed E-state index contributed by atoms with van der Waals surface area (Å²) in [5.41, 5.74) is 2.88. The number of rotatable bonds is 6. The monoisotopic (exact) mass is 386 g/mol. The van der Waals surface area contributed by atoms with E-state index in [-0.39, 0.29) is 22.8 Å². The van der Waals surface area contributed by atoms with Crippen LogP contribution >= 0.6 is 0 Å². The van der Waals surface area contributed by atoms with Crippen molar-refractivity contribution in [3.05, 3.63) is 65.7 Å². The van der Waals surface area contributed by atoms with Crippen molar-refractivity contribution in [1.29, 1.82) is 0 Å². The van der Waals surface area contributed by atoms with E-state index >= 15 is 0 Å². The maximum atomic E-state index is 12.3. The van der Waals surface area contributed by atoms with Crippen LogP contribution in [0.3, 0.4) is 0 Å². The highest BCUT2D eigenvalue weighted by molar-refractivity contribution is 6.01. The van der Waals surface area contributed by atoms with E-state index in [4.69, 9.17) is 4.74 Å². The summed E-state index contributed by atoms with van der Waals surface area (Å²) in [5.74, 6) is -0.770. The smallest absolute Gasteiger partial charge is 0.387 e. The molecule has 0 unspecified atom stereocenters. The van der Waals surface area contributed by atoms with Gasteiger partial charge in [0.25, 0.3) is 5.91 Å². The fourth-order valence-corrected chi connectivity index (χ4v) is 2.59. The fraction of sp³-hybridized carbons (Fsp3) is 0.100. The number of methoxy groups -OCH3 is 1. The quantitative estimate of drug-likeness (QED) is 0.497. The van der Waals surface area contributed by atoms with Crippen molar-refractivity contribution < 1.29 is 28.2 Å². The van der Waals surface area contributed by atoms with Gasteiger partial charge in [-0.1, -0.05) is 24.3 Å². The zero-order valence-electron chi connectivity index (χ0n) is 14.7. The molecular formula is C20H16F2N2O4. The molecule has 2 N–H and O–H groups in total. The van der Waals surface area contributed by atoms with Gasteiger partial charge < -0.3 is 14.6 Å². The zero-order chi connectivity index (χ0) is 20.1. The number of nitrogens with one attached hydrogen (secondary N) is 1. The van der Waals surface area contributed by atoms with Crippen molar-refractivity contribution in [3.8, 4) is 17.2 Å². The molecule has 0 aliphatic carbocycles. The first kappa shape index (κ1) is 19.1. The Morgan fingerprint density at radius 1 is 1.11 bits per heavy atom. The van der Waals surface area contributed by atoms with Gasteiger partial charge in [0.05, 0.1) is 18.9 Å². The average molecular weight is 386 g/mol. The number of alkyl halides is 2. The van der Waals surface area contributed by atoms with Crippen LogP contribution in [0.5, 0.6) is 17.2 Å². The third kappa shape index (κ3) is 4.35.